The van der Waals surface area contributed by atoms with Gasteiger partial charge in [0.05, 0.1) is 12.7 Å². The fraction of sp³-hybridized carbons (Fsp3) is 0.480. The van der Waals surface area contributed by atoms with E-state index in [-0.39, 0.29) is 35.4 Å². The molecule has 6 heteroatoms. The van der Waals surface area contributed by atoms with E-state index in [1.165, 1.54) is 6.92 Å². The zero-order valence-corrected chi connectivity index (χ0v) is 20.3. The number of esters is 1. The van der Waals surface area contributed by atoms with Gasteiger partial charge in [0.25, 0.3) is 0 Å². The summed E-state index contributed by atoms with van der Waals surface area (Å²) in [5, 5.41) is 0.729. The zero-order valence-electron chi connectivity index (χ0n) is 18.8. The van der Waals surface area contributed by atoms with Gasteiger partial charge in [-0.05, 0) is 54.5 Å². The average molecular weight is 463 g/mol. The molecule has 5 atom stereocenters. The van der Waals surface area contributed by atoms with Crippen molar-refractivity contribution in [3.05, 3.63) is 64.2 Å². The van der Waals surface area contributed by atoms with E-state index in [1.807, 2.05) is 37.4 Å². The second-order valence-electron chi connectivity index (χ2n) is 8.06. The maximum Gasteiger partial charge on any atom is 0.302 e. The molecular formula is C25H31ClO4S. The van der Waals surface area contributed by atoms with Crippen LogP contribution in [-0.2, 0) is 20.7 Å². The highest BCUT2D eigenvalue weighted by Gasteiger charge is 2.43. The van der Waals surface area contributed by atoms with Crippen molar-refractivity contribution < 1.29 is 19.0 Å². The number of hydrogen-bond acceptors (Lipinski definition) is 5. The Labute approximate surface area is 194 Å². The first kappa shape index (κ1) is 24.0. The quantitative estimate of drug-likeness (QED) is 0.452. The summed E-state index contributed by atoms with van der Waals surface area (Å²) in [6.45, 7) is 8.26. The highest BCUT2D eigenvalue weighted by Crippen LogP contribution is 2.44. The van der Waals surface area contributed by atoms with Crippen LogP contribution in [0.5, 0.6) is 5.75 Å². The zero-order chi connectivity index (χ0) is 22.5. The molecule has 4 nitrogen and oxygen atoms in total. The van der Waals surface area contributed by atoms with Crippen molar-refractivity contribution in [2.24, 2.45) is 11.8 Å². The van der Waals surface area contributed by atoms with E-state index in [9.17, 15) is 4.79 Å². The van der Waals surface area contributed by atoms with Gasteiger partial charge in [-0.3, -0.25) is 4.79 Å². The van der Waals surface area contributed by atoms with Crippen molar-refractivity contribution in [1.82, 2.24) is 0 Å². The van der Waals surface area contributed by atoms with E-state index in [4.69, 9.17) is 25.8 Å². The van der Waals surface area contributed by atoms with Crippen LogP contribution in [0.3, 0.4) is 0 Å². The molecule has 1 fully saturated rings. The van der Waals surface area contributed by atoms with Crippen LogP contribution in [0.2, 0.25) is 5.02 Å². The minimum Gasteiger partial charge on any atom is -0.494 e. The smallest absolute Gasteiger partial charge is 0.302 e. The van der Waals surface area contributed by atoms with E-state index >= 15 is 0 Å². The molecule has 2 aromatic carbocycles. The molecule has 0 spiro atoms. The van der Waals surface area contributed by atoms with E-state index in [2.05, 4.69) is 32.0 Å². The molecule has 0 amide bonds. The minimum atomic E-state index is -0.253. The Balaban J connectivity index is 1.85. The maximum atomic E-state index is 11.7. The first-order chi connectivity index (χ1) is 14.8. The van der Waals surface area contributed by atoms with Crippen molar-refractivity contribution in [2.45, 2.75) is 51.8 Å². The van der Waals surface area contributed by atoms with Crippen LogP contribution in [0.25, 0.3) is 0 Å². The lowest BCUT2D eigenvalue weighted by Gasteiger charge is -2.44. The van der Waals surface area contributed by atoms with Gasteiger partial charge in [-0.25, -0.2) is 0 Å². The number of halogens is 1. The van der Waals surface area contributed by atoms with Gasteiger partial charge in [-0.1, -0.05) is 49.7 Å². The van der Waals surface area contributed by atoms with Crippen molar-refractivity contribution in [3.8, 4) is 5.75 Å². The Kier molecular flexibility index (Phi) is 8.31. The average Bonchev–Trinajstić information content (AvgIpc) is 2.74. The lowest BCUT2D eigenvalue weighted by molar-refractivity contribution is -0.176. The molecule has 1 saturated heterocycles. The molecule has 0 unspecified atom stereocenters. The van der Waals surface area contributed by atoms with Gasteiger partial charge in [-0.2, -0.15) is 0 Å². The fourth-order valence-electron chi connectivity index (χ4n) is 4.25. The first-order valence-electron chi connectivity index (χ1n) is 10.7. The third kappa shape index (κ3) is 5.76. The molecule has 1 heterocycles. The number of hydrogen-bond donors (Lipinski definition) is 0. The molecule has 0 bridgehead atoms. The van der Waals surface area contributed by atoms with Crippen LogP contribution >= 0.6 is 23.4 Å². The Morgan fingerprint density at radius 3 is 2.45 bits per heavy atom. The molecule has 0 N–H and O–H groups in total. The van der Waals surface area contributed by atoms with Crippen LogP contribution in [0.4, 0.5) is 0 Å². The van der Waals surface area contributed by atoms with Crippen molar-refractivity contribution in [1.29, 1.82) is 0 Å². The highest BCUT2D eigenvalue weighted by molar-refractivity contribution is 7.99. The molecule has 3 rings (SSSR count). The molecule has 1 aliphatic rings. The molecule has 0 aromatic heterocycles. The maximum absolute atomic E-state index is 11.7. The number of rotatable bonds is 7. The summed E-state index contributed by atoms with van der Waals surface area (Å²) in [6, 6.07) is 14.2. The molecule has 2 aromatic rings. The SMILES string of the molecule is CCOc1ccc(Cc2cc([C@@H]3O[C@H](SC)[C@@H](C)[C@H](OC(C)=O)[C@H]3C)ccc2Cl)cc1. The normalized spacial score (nSPS) is 25.8. The molecule has 0 radical (unpaired) electrons. The monoisotopic (exact) mass is 462 g/mol. The number of carbonyl (C=O) groups is 1. The number of benzene rings is 2. The van der Waals surface area contributed by atoms with Crippen LogP contribution in [-0.4, -0.2) is 30.4 Å². The van der Waals surface area contributed by atoms with Crippen LogP contribution < -0.4 is 4.74 Å². The molecular weight excluding hydrogens is 432 g/mol. The predicted octanol–water partition coefficient (Wildman–Crippen LogP) is 6.29. The minimum absolute atomic E-state index is 0.0294. The van der Waals surface area contributed by atoms with Crippen LogP contribution in [0.1, 0.15) is 50.5 Å². The van der Waals surface area contributed by atoms with Gasteiger partial charge >= 0.3 is 5.97 Å². The second-order valence-corrected chi connectivity index (χ2v) is 9.40. The van der Waals surface area contributed by atoms with Gasteiger partial charge in [0.15, 0.2) is 0 Å². The van der Waals surface area contributed by atoms with E-state index < -0.39 is 0 Å². The Hall–Kier alpha value is -1.69. The highest BCUT2D eigenvalue weighted by atomic mass is 35.5. The van der Waals surface area contributed by atoms with Crippen molar-refractivity contribution in [2.75, 3.05) is 12.9 Å². The fourth-order valence-corrected chi connectivity index (χ4v) is 5.25. The number of ether oxygens (including phenoxy) is 3. The lowest BCUT2D eigenvalue weighted by atomic mass is 9.83. The lowest BCUT2D eigenvalue weighted by Crippen LogP contribution is -2.46. The van der Waals surface area contributed by atoms with Gasteiger partial charge in [0, 0.05) is 23.8 Å². The van der Waals surface area contributed by atoms with E-state index in [0.717, 1.165) is 33.9 Å². The number of thioether (sulfide) groups is 1. The molecule has 0 saturated carbocycles. The third-order valence-corrected chi connectivity index (χ3v) is 7.16. The summed E-state index contributed by atoms with van der Waals surface area (Å²) in [5.41, 5.74) is 3.22. The molecule has 0 aliphatic carbocycles. The van der Waals surface area contributed by atoms with Crippen molar-refractivity contribution >= 4 is 29.3 Å². The van der Waals surface area contributed by atoms with Crippen LogP contribution in [0.15, 0.2) is 42.5 Å². The van der Waals surface area contributed by atoms with Gasteiger partial charge in [0.2, 0.25) is 0 Å². The molecule has 168 valence electrons. The Morgan fingerprint density at radius 1 is 1.13 bits per heavy atom. The number of carbonyl (C=O) groups excluding carboxylic acids is 1. The second kappa shape index (κ2) is 10.8. The topological polar surface area (TPSA) is 44.8 Å². The third-order valence-electron chi connectivity index (χ3n) is 5.79. The largest absolute Gasteiger partial charge is 0.494 e. The van der Waals surface area contributed by atoms with E-state index in [1.54, 1.807) is 11.8 Å². The molecule has 31 heavy (non-hydrogen) atoms. The summed E-state index contributed by atoms with van der Waals surface area (Å²) in [7, 11) is 0. The van der Waals surface area contributed by atoms with Gasteiger partial charge in [0.1, 0.15) is 17.3 Å². The summed E-state index contributed by atoms with van der Waals surface area (Å²) in [5.74, 6) is 0.753. The summed E-state index contributed by atoms with van der Waals surface area (Å²) in [4.78, 5) is 11.7. The summed E-state index contributed by atoms with van der Waals surface area (Å²) >= 11 is 8.19. The van der Waals surface area contributed by atoms with E-state index in [0.29, 0.717) is 6.61 Å². The molecule has 1 aliphatic heterocycles. The summed E-state index contributed by atoms with van der Waals surface area (Å²) < 4.78 is 17.7. The standard InChI is InChI=1S/C25H31ClO4S/c1-6-28-21-10-7-18(8-11-21)13-20-14-19(9-12-22(20)26)24-15(2)23(29-17(4)27)16(3)25(30-24)31-5/h7-12,14-16,23-25H,6,13H2,1-5H3/t15-,16+,23-,24-,25-/m1/s1. The summed E-state index contributed by atoms with van der Waals surface area (Å²) in [6.07, 6.45) is 2.38. The van der Waals surface area contributed by atoms with Gasteiger partial charge < -0.3 is 14.2 Å². The van der Waals surface area contributed by atoms with Crippen LogP contribution in [0, 0.1) is 11.8 Å². The Bertz CT molecular complexity index is 886. The van der Waals surface area contributed by atoms with Gasteiger partial charge in [-0.15, -0.1) is 11.8 Å². The first-order valence-corrected chi connectivity index (χ1v) is 12.4. The Morgan fingerprint density at radius 2 is 1.84 bits per heavy atom. The van der Waals surface area contributed by atoms with Crippen molar-refractivity contribution in [3.63, 3.8) is 0 Å². The predicted molar refractivity (Wildman–Crippen MR) is 127 cm³/mol.